The van der Waals surface area contributed by atoms with Crippen LogP contribution in [-0.4, -0.2) is 52.9 Å². The number of aromatic nitrogens is 1. The first-order chi connectivity index (χ1) is 13.3. The number of allylic oxidation sites excluding steroid dienone is 1. The molecule has 0 bridgehead atoms. The molecule has 3 rings (SSSR count). The van der Waals surface area contributed by atoms with Gasteiger partial charge in [0.1, 0.15) is 23.0 Å². The molecule has 1 saturated heterocycles. The van der Waals surface area contributed by atoms with Gasteiger partial charge in [0.25, 0.3) is 0 Å². The Morgan fingerprint density at radius 1 is 1.36 bits per heavy atom. The molecule has 2 heterocycles. The van der Waals surface area contributed by atoms with Gasteiger partial charge in [-0.1, -0.05) is 18.2 Å². The molecule has 148 valence electrons. The lowest BCUT2D eigenvalue weighted by Crippen LogP contribution is -2.40. The van der Waals surface area contributed by atoms with Crippen molar-refractivity contribution in [2.24, 2.45) is 0 Å². The van der Waals surface area contributed by atoms with Crippen molar-refractivity contribution in [2.75, 3.05) is 13.7 Å². The molecule has 1 fully saturated rings. The predicted octanol–water partition coefficient (Wildman–Crippen LogP) is 3.47. The van der Waals surface area contributed by atoms with E-state index in [1.54, 1.807) is 31.4 Å². The Kier molecular flexibility index (Phi) is 5.60. The number of ether oxygens (including phenoxy) is 3. The average Bonchev–Trinajstić information content (AvgIpc) is 3.04. The Morgan fingerprint density at radius 2 is 2.11 bits per heavy atom. The van der Waals surface area contributed by atoms with Crippen LogP contribution in [-0.2, 0) is 9.53 Å². The molecular weight excluding hydrogens is 388 g/mol. The fourth-order valence-corrected chi connectivity index (χ4v) is 3.27. The zero-order valence-electron chi connectivity index (χ0n) is 15.3. The van der Waals surface area contributed by atoms with Crippen molar-refractivity contribution in [2.45, 2.75) is 25.5 Å². The lowest BCUT2D eigenvalue weighted by Gasteiger charge is -2.20. The number of rotatable bonds is 5. The molecular formula is C19H19ClN2O6. The summed E-state index contributed by atoms with van der Waals surface area (Å²) in [6.07, 6.45) is -1.28. The van der Waals surface area contributed by atoms with E-state index in [0.29, 0.717) is 11.1 Å². The van der Waals surface area contributed by atoms with Gasteiger partial charge in [-0.2, -0.15) is 0 Å². The fraction of sp³-hybridized carbons (Fsp3) is 0.316. The highest BCUT2D eigenvalue weighted by atomic mass is 35.5. The van der Waals surface area contributed by atoms with Crippen molar-refractivity contribution in [3.05, 3.63) is 41.8 Å². The number of methoxy groups -OCH3 is 1. The largest absolute Gasteiger partial charge is 0.497 e. The lowest BCUT2D eigenvalue weighted by molar-refractivity contribution is -0.141. The smallest absolute Gasteiger partial charge is 0.415 e. The van der Waals surface area contributed by atoms with Gasteiger partial charge in [0.05, 0.1) is 19.4 Å². The van der Waals surface area contributed by atoms with Crippen LogP contribution in [0.5, 0.6) is 11.6 Å². The molecule has 1 aliphatic heterocycles. The molecule has 8 nitrogen and oxygen atoms in total. The minimum absolute atomic E-state index is 0.0366. The number of hydrogen-bond acceptors (Lipinski definition) is 6. The van der Waals surface area contributed by atoms with E-state index in [4.69, 9.17) is 25.8 Å². The molecule has 1 aliphatic rings. The molecule has 1 amide bonds. The van der Waals surface area contributed by atoms with E-state index in [9.17, 15) is 14.7 Å². The number of carboxylic acids is 1. The Hall–Kier alpha value is -3.00. The highest BCUT2D eigenvalue weighted by molar-refractivity contribution is 6.30. The number of nitrogens with zero attached hydrogens (tertiary/aromatic N) is 2. The van der Waals surface area contributed by atoms with Gasteiger partial charge in [0.2, 0.25) is 5.88 Å². The highest BCUT2D eigenvalue weighted by Crippen LogP contribution is 2.32. The van der Waals surface area contributed by atoms with Gasteiger partial charge < -0.3 is 19.3 Å². The number of amides is 1. The second-order valence-corrected chi connectivity index (χ2v) is 6.78. The van der Waals surface area contributed by atoms with Gasteiger partial charge >= 0.3 is 12.1 Å². The Bertz CT molecular complexity index is 947. The predicted molar refractivity (Wildman–Crippen MR) is 102 cm³/mol. The van der Waals surface area contributed by atoms with E-state index in [0.717, 1.165) is 10.3 Å². The van der Waals surface area contributed by atoms with E-state index < -0.39 is 24.2 Å². The minimum Gasteiger partial charge on any atom is -0.497 e. The molecule has 1 N–H and O–H groups in total. The summed E-state index contributed by atoms with van der Waals surface area (Å²) in [6, 6.07) is 5.94. The normalized spacial score (nSPS) is 18.8. The van der Waals surface area contributed by atoms with Crippen LogP contribution in [0.25, 0.3) is 10.8 Å². The molecule has 1 aromatic carbocycles. The van der Waals surface area contributed by atoms with Crippen LogP contribution in [0.1, 0.15) is 13.3 Å². The SMILES string of the molecule is C=C(C)OC(=O)N1C[C@H](Oc2nc(Cl)cc3cc(OC)ccc23)C[C@H]1C(=O)O. The summed E-state index contributed by atoms with van der Waals surface area (Å²) in [5.41, 5.74) is 0. The second-order valence-electron chi connectivity index (χ2n) is 6.39. The van der Waals surface area contributed by atoms with Gasteiger partial charge in [0, 0.05) is 11.8 Å². The number of likely N-dealkylation sites (tertiary alicyclic amines) is 1. The molecule has 28 heavy (non-hydrogen) atoms. The van der Waals surface area contributed by atoms with Gasteiger partial charge in [-0.15, -0.1) is 0 Å². The number of carbonyl (C=O) groups is 2. The number of benzene rings is 1. The van der Waals surface area contributed by atoms with Crippen LogP contribution in [0.15, 0.2) is 36.6 Å². The van der Waals surface area contributed by atoms with Crippen molar-refractivity contribution < 1.29 is 28.9 Å². The maximum absolute atomic E-state index is 12.2. The van der Waals surface area contributed by atoms with E-state index in [-0.39, 0.29) is 29.8 Å². The van der Waals surface area contributed by atoms with Crippen molar-refractivity contribution >= 4 is 34.4 Å². The number of hydrogen-bond donors (Lipinski definition) is 1. The fourth-order valence-electron chi connectivity index (χ4n) is 3.07. The summed E-state index contributed by atoms with van der Waals surface area (Å²) in [6.45, 7) is 5.04. The molecule has 0 radical (unpaired) electrons. The van der Waals surface area contributed by atoms with Crippen LogP contribution >= 0.6 is 11.6 Å². The van der Waals surface area contributed by atoms with Gasteiger partial charge in [-0.25, -0.2) is 14.6 Å². The molecule has 2 atom stereocenters. The molecule has 0 saturated carbocycles. The molecule has 2 aromatic rings. The van der Waals surface area contributed by atoms with Crippen molar-refractivity contribution in [3.8, 4) is 11.6 Å². The Labute approximate surface area is 166 Å². The topological polar surface area (TPSA) is 98.2 Å². The molecule has 0 aliphatic carbocycles. The second kappa shape index (κ2) is 7.93. The Balaban J connectivity index is 1.86. The van der Waals surface area contributed by atoms with Gasteiger partial charge in [-0.3, -0.25) is 4.90 Å². The Morgan fingerprint density at radius 3 is 2.75 bits per heavy atom. The third-order valence-electron chi connectivity index (χ3n) is 4.29. The van der Waals surface area contributed by atoms with Crippen molar-refractivity contribution in [1.29, 1.82) is 0 Å². The first-order valence-corrected chi connectivity index (χ1v) is 8.84. The standard InChI is InChI=1S/C19H19ClN2O6/c1-10(2)27-19(25)22-9-13(8-15(22)18(23)24)28-17-14-5-4-12(26-3)6-11(14)7-16(20)21-17/h4-7,13,15H,1,8-9H2,2-3H3,(H,23,24)/t13-,15+/m1/s1. The zero-order chi connectivity index (χ0) is 20.4. The molecule has 1 aromatic heterocycles. The third kappa shape index (κ3) is 4.12. The number of pyridine rings is 1. The number of carbonyl (C=O) groups excluding carboxylic acids is 1. The third-order valence-corrected chi connectivity index (χ3v) is 4.49. The number of halogens is 1. The molecule has 0 unspecified atom stereocenters. The summed E-state index contributed by atoms with van der Waals surface area (Å²) in [5.74, 6) is -0.0518. The van der Waals surface area contributed by atoms with Crippen LogP contribution in [0.2, 0.25) is 5.15 Å². The minimum atomic E-state index is -1.14. The van der Waals surface area contributed by atoms with E-state index in [2.05, 4.69) is 11.6 Å². The van der Waals surface area contributed by atoms with Crippen LogP contribution in [0, 0.1) is 0 Å². The average molecular weight is 407 g/mol. The van der Waals surface area contributed by atoms with E-state index >= 15 is 0 Å². The van der Waals surface area contributed by atoms with Gasteiger partial charge in [0.15, 0.2) is 0 Å². The summed E-state index contributed by atoms with van der Waals surface area (Å²) in [4.78, 5) is 29.1. The number of carboxylic acid groups (broad SMARTS) is 1. The highest BCUT2D eigenvalue weighted by Gasteiger charge is 2.42. The van der Waals surface area contributed by atoms with E-state index in [1.165, 1.54) is 6.92 Å². The number of aliphatic carboxylic acids is 1. The summed E-state index contributed by atoms with van der Waals surface area (Å²) < 4.78 is 16.1. The maximum Gasteiger partial charge on any atom is 0.415 e. The summed E-state index contributed by atoms with van der Waals surface area (Å²) in [7, 11) is 1.56. The first-order valence-electron chi connectivity index (χ1n) is 8.46. The van der Waals surface area contributed by atoms with E-state index in [1.807, 2.05) is 0 Å². The molecule has 9 heteroatoms. The maximum atomic E-state index is 12.2. The zero-order valence-corrected chi connectivity index (χ0v) is 16.1. The van der Waals surface area contributed by atoms with Crippen LogP contribution in [0.4, 0.5) is 4.79 Å². The first kappa shape index (κ1) is 19.8. The summed E-state index contributed by atoms with van der Waals surface area (Å²) >= 11 is 6.10. The number of fused-ring (bicyclic) bond motifs is 1. The summed E-state index contributed by atoms with van der Waals surface area (Å²) in [5, 5.41) is 11.1. The quantitative estimate of drug-likeness (QED) is 0.599. The van der Waals surface area contributed by atoms with Crippen LogP contribution in [0.3, 0.4) is 0 Å². The van der Waals surface area contributed by atoms with Crippen molar-refractivity contribution in [3.63, 3.8) is 0 Å². The van der Waals surface area contributed by atoms with Crippen LogP contribution < -0.4 is 9.47 Å². The lowest BCUT2D eigenvalue weighted by atomic mass is 10.1. The van der Waals surface area contributed by atoms with Gasteiger partial charge in [-0.05, 0) is 36.6 Å². The monoisotopic (exact) mass is 406 g/mol. The molecule has 0 spiro atoms. The van der Waals surface area contributed by atoms with Crippen molar-refractivity contribution in [1.82, 2.24) is 9.88 Å².